The van der Waals surface area contributed by atoms with Crippen LogP contribution in [0.4, 0.5) is 0 Å². The zero-order chi connectivity index (χ0) is 17.7. The first kappa shape index (κ1) is 24.1. The van der Waals surface area contributed by atoms with Crippen molar-refractivity contribution < 1.29 is 12.6 Å². The molecule has 0 saturated carbocycles. The van der Waals surface area contributed by atoms with Gasteiger partial charge >= 0.3 is 11.4 Å². The second kappa shape index (κ2) is 21.1. The van der Waals surface area contributed by atoms with Gasteiger partial charge in [0.1, 0.15) is 0 Å². The highest BCUT2D eigenvalue weighted by Gasteiger charge is 2.01. The highest BCUT2D eigenvalue weighted by molar-refractivity contribution is 7.75. The summed E-state index contributed by atoms with van der Waals surface area (Å²) in [7, 11) is 0. The molecule has 0 bridgehead atoms. The molecule has 146 valence electrons. The Bertz CT molecular complexity index is 259. The molecule has 0 radical (unpaired) electrons. The lowest BCUT2D eigenvalue weighted by molar-refractivity contribution is 0.241. The van der Waals surface area contributed by atoms with Crippen LogP contribution in [0.5, 0.6) is 0 Å². The fourth-order valence-corrected chi connectivity index (χ4v) is 3.34. The lowest BCUT2D eigenvalue weighted by Crippen LogP contribution is -2.05. The predicted octanol–water partition coefficient (Wildman–Crippen LogP) is 6.88. The molecule has 0 aliphatic carbocycles. The zero-order valence-corrected chi connectivity index (χ0v) is 17.2. The summed E-state index contributed by atoms with van der Waals surface area (Å²) in [4.78, 5) is 0. The molecule has 0 saturated heterocycles. The number of hydrogen-bond donors (Lipinski definition) is 0. The van der Waals surface area contributed by atoms with E-state index in [1.165, 1.54) is 83.5 Å². The molecule has 0 fully saturated rings. The number of rotatable bonds is 20. The Balaban J connectivity index is 3.10. The molecule has 0 heterocycles. The van der Waals surface area contributed by atoms with E-state index in [1.54, 1.807) is 0 Å². The Hall–Kier alpha value is 0.0700. The van der Waals surface area contributed by atoms with Crippen molar-refractivity contribution in [1.29, 1.82) is 0 Å². The first-order valence-corrected chi connectivity index (χ1v) is 11.5. The van der Waals surface area contributed by atoms with Gasteiger partial charge in [0.2, 0.25) is 0 Å². The first-order valence-electron chi connectivity index (χ1n) is 10.5. The van der Waals surface area contributed by atoms with E-state index in [0.717, 1.165) is 19.3 Å². The van der Waals surface area contributed by atoms with Gasteiger partial charge < -0.3 is 0 Å². The zero-order valence-electron chi connectivity index (χ0n) is 16.4. The molecule has 1 unspecified atom stereocenters. The van der Waals surface area contributed by atoms with Crippen LogP contribution in [0.25, 0.3) is 0 Å². The Kier molecular flexibility index (Phi) is 21.2. The van der Waals surface area contributed by atoms with E-state index >= 15 is 0 Å². The summed E-state index contributed by atoms with van der Waals surface area (Å²) in [5.74, 6) is 0. The fraction of sp³-hybridized carbons (Fsp3) is 1.00. The normalized spacial score (nSPS) is 12.6. The average Bonchev–Trinajstić information content (AvgIpc) is 2.59. The highest BCUT2D eigenvalue weighted by Crippen LogP contribution is 2.12. The Morgan fingerprint density at radius 1 is 0.500 bits per heavy atom. The van der Waals surface area contributed by atoms with Gasteiger partial charge in [-0.1, -0.05) is 104 Å². The summed E-state index contributed by atoms with van der Waals surface area (Å²) in [6.07, 6.45) is 20.4. The van der Waals surface area contributed by atoms with Crippen molar-refractivity contribution in [3.05, 3.63) is 0 Å². The topological polar surface area (TPSA) is 35.5 Å². The molecular formula is C20H42O3S. The lowest BCUT2D eigenvalue weighted by Gasteiger charge is -2.05. The second-order valence-corrected chi connectivity index (χ2v) is 7.68. The van der Waals surface area contributed by atoms with E-state index in [4.69, 9.17) is 8.37 Å². The maximum Gasteiger partial charge on any atom is 0.304 e. The van der Waals surface area contributed by atoms with Crippen LogP contribution in [0.3, 0.4) is 0 Å². The minimum absolute atomic E-state index is 0.547. The molecule has 0 aromatic carbocycles. The molecule has 0 N–H and O–H groups in total. The number of unbranched alkanes of at least 4 members (excludes halogenated alkanes) is 14. The van der Waals surface area contributed by atoms with Crippen molar-refractivity contribution in [2.45, 2.75) is 117 Å². The molecule has 1 atom stereocenters. The maximum atomic E-state index is 11.4. The van der Waals surface area contributed by atoms with Gasteiger partial charge in [-0.3, -0.25) is 8.37 Å². The van der Waals surface area contributed by atoms with Crippen molar-refractivity contribution in [2.24, 2.45) is 0 Å². The van der Waals surface area contributed by atoms with Gasteiger partial charge in [-0.2, -0.15) is 4.21 Å². The molecule has 0 spiro atoms. The third-order valence-electron chi connectivity index (χ3n) is 4.35. The van der Waals surface area contributed by atoms with Crippen LogP contribution >= 0.6 is 0 Å². The quantitative estimate of drug-likeness (QED) is 0.221. The summed E-state index contributed by atoms with van der Waals surface area (Å²) in [6.45, 7) is 5.55. The standard InChI is InChI=1S/C20H42O3S/c1-3-5-7-9-10-11-12-13-14-15-16-18-20-23-24(21)22-19-17-8-6-4-2/h3-20H2,1-2H3. The van der Waals surface area contributed by atoms with Crippen molar-refractivity contribution in [3.8, 4) is 0 Å². The Morgan fingerprint density at radius 3 is 1.17 bits per heavy atom. The van der Waals surface area contributed by atoms with Gasteiger partial charge in [-0.05, 0) is 12.8 Å². The Labute approximate surface area is 154 Å². The maximum absolute atomic E-state index is 11.4. The predicted molar refractivity (Wildman–Crippen MR) is 105 cm³/mol. The van der Waals surface area contributed by atoms with Gasteiger partial charge in [-0.25, -0.2) is 0 Å². The van der Waals surface area contributed by atoms with Gasteiger partial charge in [0.15, 0.2) is 0 Å². The largest absolute Gasteiger partial charge is 0.304 e. The second-order valence-electron chi connectivity index (χ2n) is 6.80. The monoisotopic (exact) mass is 362 g/mol. The molecule has 0 rings (SSSR count). The minimum Gasteiger partial charge on any atom is -0.268 e. The number of hydrogen-bond acceptors (Lipinski definition) is 3. The first-order chi connectivity index (χ1) is 11.8. The molecule has 3 nitrogen and oxygen atoms in total. The lowest BCUT2D eigenvalue weighted by atomic mass is 10.1. The molecule has 0 aliphatic heterocycles. The molecule has 0 amide bonds. The van der Waals surface area contributed by atoms with E-state index in [9.17, 15) is 4.21 Å². The van der Waals surface area contributed by atoms with Gasteiger partial charge in [-0.15, -0.1) is 0 Å². The van der Waals surface area contributed by atoms with Crippen LogP contribution in [0.2, 0.25) is 0 Å². The summed E-state index contributed by atoms with van der Waals surface area (Å²) >= 11 is -1.54. The summed E-state index contributed by atoms with van der Waals surface area (Å²) in [5.41, 5.74) is 0. The molecule has 0 aromatic rings. The van der Waals surface area contributed by atoms with E-state index < -0.39 is 11.4 Å². The van der Waals surface area contributed by atoms with Crippen molar-refractivity contribution in [2.75, 3.05) is 13.2 Å². The van der Waals surface area contributed by atoms with Gasteiger partial charge in [0.05, 0.1) is 13.2 Å². The fourth-order valence-electron chi connectivity index (χ4n) is 2.76. The van der Waals surface area contributed by atoms with E-state index in [-0.39, 0.29) is 0 Å². The summed E-state index contributed by atoms with van der Waals surface area (Å²) in [6, 6.07) is 0. The molecular weight excluding hydrogens is 320 g/mol. The third-order valence-corrected chi connectivity index (χ3v) is 5.07. The van der Waals surface area contributed by atoms with Crippen molar-refractivity contribution >= 4 is 11.4 Å². The summed E-state index contributed by atoms with van der Waals surface area (Å²) in [5, 5.41) is 0. The third kappa shape index (κ3) is 20.1. The van der Waals surface area contributed by atoms with Gasteiger partial charge in [0, 0.05) is 0 Å². The molecule has 0 aromatic heterocycles. The average molecular weight is 363 g/mol. The van der Waals surface area contributed by atoms with Crippen LogP contribution in [-0.4, -0.2) is 17.4 Å². The van der Waals surface area contributed by atoms with Crippen molar-refractivity contribution in [1.82, 2.24) is 0 Å². The highest BCUT2D eigenvalue weighted by atomic mass is 32.2. The van der Waals surface area contributed by atoms with Crippen LogP contribution in [0.15, 0.2) is 0 Å². The Morgan fingerprint density at radius 2 is 0.792 bits per heavy atom. The van der Waals surface area contributed by atoms with Crippen molar-refractivity contribution in [3.63, 3.8) is 0 Å². The van der Waals surface area contributed by atoms with E-state index in [0.29, 0.717) is 13.2 Å². The van der Waals surface area contributed by atoms with E-state index in [2.05, 4.69) is 13.8 Å². The van der Waals surface area contributed by atoms with Crippen LogP contribution < -0.4 is 0 Å². The van der Waals surface area contributed by atoms with Crippen LogP contribution in [-0.2, 0) is 19.7 Å². The molecule has 0 aliphatic rings. The SMILES string of the molecule is CCCCCCCCCCCCCCOS(=O)OCCCCCC. The summed E-state index contributed by atoms with van der Waals surface area (Å²) < 4.78 is 21.8. The molecule has 24 heavy (non-hydrogen) atoms. The molecule has 4 heteroatoms. The minimum atomic E-state index is -1.54. The smallest absolute Gasteiger partial charge is 0.268 e. The van der Waals surface area contributed by atoms with Crippen LogP contribution in [0.1, 0.15) is 117 Å². The van der Waals surface area contributed by atoms with E-state index in [1.807, 2.05) is 0 Å². The van der Waals surface area contributed by atoms with Crippen LogP contribution in [0, 0.1) is 0 Å². The van der Waals surface area contributed by atoms with Gasteiger partial charge in [0.25, 0.3) is 0 Å².